The maximum atomic E-state index is 12.4. The number of esters is 1. The zero-order valence-corrected chi connectivity index (χ0v) is 14.6. The van der Waals surface area contributed by atoms with Crippen LogP contribution in [0.4, 0.5) is 0 Å². The fourth-order valence-electron chi connectivity index (χ4n) is 3.77. The van der Waals surface area contributed by atoms with Crippen molar-refractivity contribution in [1.82, 2.24) is 4.90 Å². The van der Waals surface area contributed by atoms with Gasteiger partial charge in [0.15, 0.2) is 0 Å². The van der Waals surface area contributed by atoms with Crippen LogP contribution in [0.1, 0.15) is 11.1 Å². The summed E-state index contributed by atoms with van der Waals surface area (Å²) in [5, 5.41) is 10.1. The molecule has 1 aliphatic rings. The van der Waals surface area contributed by atoms with Crippen LogP contribution in [-0.2, 0) is 26.3 Å². The molecule has 2 unspecified atom stereocenters. The van der Waals surface area contributed by atoms with E-state index in [-0.39, 0.29) is 6.54 Å². The molecule has 0 amide bonds. The number of benzene rings is 2. The first-order valence-electron chi connectivity index (χ1n) is 8.41. The Morgan fingerprint density at radius 1 is 1.23 bits per heavy atom. The zero-order valence-electron chi connectivity index (χ0n) is 14.6. The Morgan fingerprint density at radius 2 is 1.96 bits per heavy atom. The van der Waals surface area contributed by atoms with Crippen LogP contribution in [0.2, 0.25) is 0 Å². The van der Waals surface area contributed by atoms with Crippen LogP contribution in [0, 0.1) is 5.92 Å². The Balaban J connectivity index is 2.02. The Bertz CT molecular complexity index is 810. The van der Waals surface area contributed by atoms with E-state index in [9.17, 15) is 14.7 Å². The van der Waals surface area contributed by atoms with Crippen LogP contribution in [-0.4, -0.2) is 50.0 Å². The fourth-order valence-corrected chi connectivity index (χ4v) is 3.77. The maximum Gasteiger partial charge on any atom is 0.316 e. The number of likely N-dealkylation sites (tertiary alicyclic amines) is 1. The molecule has 132 valence electrons. The minimum absolute atomic E-state index is 0.209. The lowest BCUT2D eigenvalue weighted by Gasteiger charge is -2.30. The van der Waals surface area contributed by atoms with Crippen molar-refractivity contribution in [2.24, 2.45) is 5.92 Å². The summed E-state index contributed by atoms with van der Waals surface area (Å²) >= 11 is 0. The summed E-state index contributed by atoms with van der Waals surface area (Å²) < 4.78 is 4.93. The van der Waals surface area contributed by atoms with Gasteiger partial charge in [-0.15, -0.1) is 0 Å². The smallest absolute Gasteiger partial charge is 0.316 e. The molecule has 1 aliphatic heterocycles. The summed E-state index contributed by atoms with van der Waals surface area (Å²) in [4.78, 5) is 26.8. The number of nitrogens with zero attached hydrogens (tertiary/aromatic N) is 1. The Morgan fingerprint density at radius 3 is 2.58 bits per heavy atom. The van der Waals surface area contributed by atoms with Gasteiger partial charge in [0.05, 0.1) is 13.0 Å². The average Bonchev–Trinajstić information content (AvgIpc) is 3.02. The minimum atomic E-state index is -1.39. The molecule has 1 heterocycles. The van der Waals surface area contributed by atoms with Crippen LogP contribution in [0.25, 0.3) is 0 Å². The average molecular weight is 349 g/mol. The molecule has 26 heavy (non-hydrogen) atoms. The number of hydrogen-bond acceptors (Lipinski definition) is 4. The molecule has 2 aromatic carbocycles. The van der Waals surface area contributed by atoms with E-state index in [4.69, 9.17) is 12.6 Å². The van der Waals surface area contributed by atoms with Crippen LogP contribution in [0.15, 0.2) is 54.6 Å². The van der Waals surface area contributed by atoms with Crippen LogP contribution in [0.3, 0.4) is 0 Å². The molecule has 0 aromatic heterocycles. The fraction of sp³-hybridized carbons (Fsp3) is 0.300. The predicted molar refractivity (Wildman–Crippen MR) is 98.4 cm³/mol. The van der Waals surface area contributed by atoms with Gasteiger partial charge in [-0.2, -0.15) is 0 Å². The van der Waals surface area contributed by atoms with Crippen LogP contribution < -0.4 is 5.46 Å². The molecule has 1 saturated heterocycles. The lowest BCUT2D eigenvalue weighted by molar-refractivity contribution is -0.155. The second-order valence-corrected chi connectivity index (χ2v) is 6.63. The molecule has 3 rings (SSSR count). The van der Waals surface area contributed by atoms with Gasteiger partial charge in [-0.1, -0.05) is 60.1 Å². The number of aliphatic carboxylic acids is 1. The summed E-state index contributed by atoms with van der Waals surface area (Å²) in [6.07, 6.45) is 0. The third-order valence-corrected chi connectivity index (χ3v) is 5.03. The largest absolute Gasteiger partial charge is 0.481 e. The van der Waals surface area contributed by atoms with E-state index in [1.54, 1.807) is 24.3 Å². The van der Waals surface area contributed by atoms with Crippen molar-refractivity contribution in [2.45, 2.75) is 12.0 Å². The van der Waals surface area contributed by atoms with E-state index in [0.717, 1.165) is 5.56 Å². The van der Waals surface area contributed by atoms with Gasteiger partial charge in [0, 0.05) is 19.6 Å². The maximum absolute atomic E-state index is 12.4. The standard InChI is InChI=1S/C20H20BNO4/c1-26-18(23)17-12-22(11-14-6-3-2-4-7-14)13-20(17,19(24)25)15-8-5-9-16(21)10-15/h2-10,17H,11-13H2,1H3,(H,24,25). The van der Waals surface area contributed by atoms with Gasteiger partial charge in [-0.3, -0.25) is 14.5 Å². The summed E-state index contributed by atoms with van der Waals surface area (Å²) in [7, 11) is 7.16. The van der Waals surface area contributed by atoms with Gasteiger partial charge >= 0.3 is 11.9 Å². The van der Waals surface area contributed by atoms with Crippen molar-refractivity contribution in [3.63, 3.8) is 0 Å². The highest BCUT2D eigenvalue weighted by atomic mass is 16.5. The van der Waals surface area contributed by atoms with Crippen molar-refractivity contribution in [1.29, 1.82) is 0 Å². The number of carboxylic acid groups (broad SMARTS) is 1. The van der Waals surface area contributed by atoms with E-state index in [1.165, 1.54) is 7.11 Å². The molecule has 6 heteroatoms. The number of methoxy groups -OCH3 is 1. The molecule has 0 saturated carbocycles. The minimum Gasteiger partial charge on any atom is -0.481 e. The molecule has 0 spiro atoms. The van der Waals surface area contributed by atoms with Crippen LogP contribution >= 0.6 is 0 Å². The quantitative estimate of drug-likeness (QED) is 0.647. The second kappa shape index (κ2) is 7.34. The van der Waals surface area contributed by atoms with Gasteiger partial charge in [-0.05, 0) is 11.1 Å². The first kappa shape index (κ1) is 18.2. The van der Waals surface area contributed by atoms with Gasteiger partial charge in [0.2, 0.25) is 0 Å². The highest BCUT2D eigenvalue weighted by molar-refractivity contribution is 6.32. The molecular formula is C20H20BNO4. The lowest BCUT2D eigenvalue weighted by atomic mass is 9.71. The normalized spacial score (nSPS) is 22.9. The molecule has 1 N–H and O–H groups in total. The molecule has 1 fully saturated rings. The lowest BCUT2D eigenvalue weighted by Crippen LogP contribution is -2.47. The number of ether oxygens (including phenoxy) is 1. The first-order valence-corrected chi connectivity index (χ1v) is 8.41. The van der Waals surface area contributed by atoms with Crippen molar-refractivity contribution < 1.29 is 19.4 Å². The first-order chi connectivity index (χ1) is 12.5. The van der Waals surface area contributed by atoms with Gasteiger partial charge in [0.25, 0.3) is 0 Å². The van der Waals surface area contributed by atoms with Crippen molar-refractivity contribution >= 4 is 25.2 Å². The monoisotopic (exact) mass is 349 g/mol. The molecule has 5 nitrogen and oxygen atoms in total. The summed E-state index contributed by atoms with van der Waals surface area (Å²) in [5.41, 5.74) is 0.658. The highest BCUT2D eigenvalue weighted by Crippen LogP contribution is 2.40. The van der Waals surface area contributed by atoms with E-state index in [0.29, 0.717) is 24.1 Å². The number of carbonyl (C=O) groups is 2. The molecule has 2 radical (unpaired) electrons. The van der Waals surface area contributed by atoms with Gasteiger partial charge < -0.3 is 9.84 Å². The highest BCUT2D eigenvalue weighted by Gasteiger charge is 2.57. The topological polar surface area (TPSA) is 66.8 Å². The SMILES string of the molecule is [B]c1cccc(C2(C(=O)O)CN(Cc3ccccc3)CC2C(=O)OC)c1. The summed E-state index contributed by atoms with van der Waals surface area (Å²) in [6, 6.07) is 16.5. The third kappa shape index (κ3) is 3.25. The molecule has 2 aromatic rings. The van der Waals surface area contributed by atoms with E-state index in [1.807, 2.05) is 35.2 Å². The van der Waals surface area contributed by atoms with E-state index in [2.05, 4.69) is 0 Å². The van der Waals surface area contributed by atoms with Crippen molar-refractivity contribution in [3.8, 4) is 0 Å². The number of carboxylic acids is 1. The second-order valence-electron chi connectivity index (χ2n) is 6.63. The third-order valence-electron chi connectivity index (χ3n) is 5.03. The van der Waals surface area contributed by atoms with Crippen molar-refractivity contribution in [3.05, 3.63) is 65.7 Å². The van der Waals surface area contributed by atoms with E-state index < -0.39 is 23.3 Å². The molecular weight excluding hydrogens is 329 g/mol. The molecule has 2 atom stereocenters. The predicted octanol–water partition coefficient (Wildman–Crippen LogP) is 1.11. The number of carbonyl (C=O) groups excluding carboxylic acids is 1. The Hall–Kier alpha value is -2.60. The molecule has 0 aliphatic carbocycles. The van der Waals surface area contributed by atoms with Gasteiger partial charge in [0.1, 0.15) is 13.3 Å². The van der Waals surface area contributed by atoms with Crippen molar-refractivity contribution in [2.75, 3.05) is 20.2 Å². The van der Waals surface area contributed by atoms with E-state index >= 15 is 0 Å². The Kier molecular flexibility index (Phi) is 5.14. The zero-order chi connectivity index (χ0) is 18.7. The Labute approximate surface area is 154 Å². The number of hydrogen-bond donors (Lipinski definition) is 1. The summed E-state index contributed by atoms with van der Waals surface area (Å²) in [6.45, 7) is 1.08. The van der Waals surface area contributed by atoms with Gasteiger partial charge in [-0.25, -0.2) is 0 Å². The number of rotatable bonds is 5. The van der Waals surface area contributed by atoms with Crippen LogP contribution in [0.5, 0.6) is 0 Å². The molecule has 0 bridgehead atoms. The summed E-state index contributed by atoms with van der Waals surface area (Å²) in [5.74, 6) is -2.38.